The van der Waals surface area contributed by atoms with E-state index in [0.717, 1.165) is 36.0 Å². The Bertz CT molecular complexity index is 1060. The monoisotopic (exact) mass is 393 g/mol. The lowest BCUT2D eigenvalue weighted by Crippen LogP contribution is -2.31. The number of carbonyl (C=O) groups excluding carboxylic acids is 1. The second-order valence-corrected chi connectivity index (χ2v) is 7.24. The number of nitrogens with one attached hydrogen (secondary N) is 1. The van der Waals surface area contributed by atoms with Gasteiger partial charge in [0.05, 0.1) is 6.10 Å². The average molecular weight is 393 g/mol. The van der Waals surface area contributed by atoms with Gasteiger partial charge in [-0.05, 0) is 55.2 Å². The van der Waals surface area contributed by atoms with Crippen molar-refractivity contribution < 1.29 is 18.7 Å². The standard InChI is InChI=1S/C23H23NO5/c1-15-11-22(25)29-21-12-18(8-9-20(15)21)28-14-16-4-6-17(7-5-16)23(26)24-13-19-3-2-10-27-19/h4-9,11-12,19H,2-3,10,13-14H2,1H3,(H,24,26)/t19-/m0/s1. The minimum atomic E-state index is -0.375. The highest BCUT2D eigenvalue weighted by atomic mass is 16.5. The maximum Gasteiger partial charge on any atom is 0.336 e. The van der Waals surface area contributed by atoms with Gasteiger partial charge < -0.3 is 19.2 Å². The van der Waals surface area contributed by atoms with E-state index in [1.54, 1.807) is 18.2 Å². The first-order valence-electron chi connectivity index (χ1n) is 9.74. The molecule has 0 spiro atoms. The molecule has 0 unspecified atom stereocenters. The lowest BCUT2D eigenvalue weighted by atomic mass is 10.1. The average Bonchev–Trinajstić information content (AvgIpc) is 3.24. The van der Waals surface area contributed by atoms with Gasteiger partial charge >= 0.3 is 5.63 Å². The molecule has 1 aromatic heterocycles. The molecule has 1 fully saturated rings. The molecule has 1 aliphatic rings. The van der Waals surface area contributed by atoms with E-state index in [-0.39, 0.29) is 17.6 Å². The Hall–Kier alpha value is -3.12. The molecule has 150 valence electrons. The van der Waals surface area contributed by atoms with Crippen LogP contribution in [0.15, 0.2) is 57.7 Å². The molecule has 2 aromatic carbocycles. The molecule has 0 bridgehead atoms. The van der Waals surface area contributed by atoms with Gasteiger partial charge in [-0.2, -0.15) is 0 Å². The lowest BCUT2D eigenvalue weighted by Gasteiger charge is -2.11. The molecule has 4 rings (SSSR count). The predicted octanol–water partition coefficient (Wildman–Crippen LogP) is 3.59. The minimum absolute atomic E-state index is 0.104. The fraction of sp³-hybridized carbons (Fsp3) is 0.304. The van der Waals surface area contributed by atoms with Crippen LogP contribution in [0.3, 0.4) is 0 Å². The highest BCUT2D eigenvalue weighted by molar-refractivity contribution is 5.94. The summed E-state index contributed by atoms with van der Waals surface area (Å²) < 4.78 is 16.6. The van der Waals surface area contributed by atoms with Crippen molar-refractivity contribution in [1.29, 1.82) is 0 Å². The van der Waals surface area contributed by atoms with Crippen LogP contribution in [0.1, 0.15) is 34.3 Å². The summed E-state index contributed by atoms with van der Waals surface area (Å²) in [5.74, 6) is 0.512. The van der Waals surface area contributed by atoms with Crippen LogP contribution in [-0.4, -0.2) is 25.2 Å². The van der Waals surface area contributed by atoms with Crippen LogP contribution >= 0.6 is 0 Å². The van der Waals surface area contributed by atoms with E-state index in [1.165, 1.54) is 6.07 Å². The van der Waals surface area contributed by atoms with Gasteiger partial charge in [-0.3, -0.25) is 4.79 Å². The number of hydrogen-bond acceptors (Lipinski definition) is 5. The molecule has 1 aliphatic heterocycles. The van der Waals surface area contributed by atoms with E-state index >= 15 is 0 Å². The number of fused-ring (bicyclic) bond motifs is 1. The molecular weight excluding hydrogens is 370 g/mol. The largest absolute Gasteiger partial charge is 0.489 e. The van der Waals surface area contributed by atoms with Crippen LogP contribution < -0.4 is 15.7 Å². The quantitative estimate of drug-likeness (QED) is 0.648. The fourth-order valence-corrected chi connectivity index (χ4v) is 3.43. The van der Waals surface area contributed by atoms with Gasteiger partial charge in [0.25, 0.3) is 5.91 Å². The zero-order valence-corrected chi connectivity index (χ0v) is 16.3. The summed E-state index contributed by atoms with van der Waals surface area (Å²) in [7, 11) is 0. The van der Waals surface area contributed by atoms with Crippen LogP contribution in [0, 0.1) is 6.92 Å². The van der Waals surface area contributed by atoms with Crippen molar-refractivity contribution >= 4 is 16.9 Å². The second kappa shape index (κ2) is 8.49. The number of carbonyl (C=O) groups is 1. The normalized spacial score (nSPS) is 16.1. The molecule has 6 nitrogen and oxygen atoms in total. The van der Waals surface area contributed by atoms with Crippen LogP contribution in [-0.2, 0) is 11.3 Å². The summed E-state index contributed by atoms with van der Waals surface area (Å²) in [6, 6.07) is 14.2. The summed E-state index contributed by atoms with van der Waals surface area (Å²) in [6.07, 6.45) is 2.17. The first kappa shape index (κ1) is 19.2. The van der Waals surface area contributed by atoms with Crippen molar-refractivity contribution in [1.82, 2.24) is 5.32 Å². The van der Waals surface area contributed by atoms with Gasteiger partial charge in [-0.1, -0.05) is 12.1 Å². The van der Waals surface area contributed by atoms with E-state index in [1.807, 2.05) is 31.2 Å². The smallest absolute Gasteiger partial charge is 0.336 e. The summed E-state index contributed by atoms with van der Waals surface area (Å²) in [5, 5.41) is 3.80. The third-order valence-corrected chi connectivity index (χ3v) is 5.06. The molecule has 1 N–H and O–H groups in total. The van der Waals surface area contributed by atoms with Crippen LogP contribution in [0.4, 0.5) is 0 Å². The van der Waals surface area contributed by atoms with Gasteiger partial charge in [0.2, 0.25) is 0 Å². The summed E-state index contributed by atoms with van der Waals surface area (Å²) >= 11 is 0. The number of hydrogen-bond donors (Lipinski definition) is 1. The predicted molar refractivity (Wildman–Crippen MR) is 109 cm³/mol. The van der Waals surface area contributed by atoms with Gasteiger partial charge in [-0.25, -0.2) is 4.79 Å². The zero-order valence-electron chi connectivity index (χ0n) is 16.3. The van der Waals surface area contributed by atoms with Crippen molar-refractivity contribution in [2.24, 2.45) is 0 Å². The Morgan fingerprint density at radius 2 is 2.00 bits per heavy atom. The Labute approximate surface area is 168 Å². The highest BCUT2D eigenvalue weighted by Crippen LogP contribution is 2.23. The SMILES string of the molecule is Cc1cc(=O)oc2cc(OCc3ccc(C(=O)NC[C@@H]4CCCO4)cc3)ccc12. The van der Waals surface area contributed by atoms with Crippen molar-refractivity contribution in [3.63, 3.8) is 0 Å². The maximum atomic E-state index is 12.2. The minimum Gasteiger partial charge on any atom is -0.489 e. The molecule has 0 saturated carbocycles. The van der Waals surface area contributed by atoms with Crippen molar-refractivity contribution in [3.05, 3.63) is 75.6 Å². The zero-order chi connectivity index (χ0) is 20.2. The van der Waals surface area contributed by atoms with Crippen molar-refractivity contribution in [2.75, 3.05) is 13.2 Å². The van der Waals surface area contributed by atoms with E-state index in [0.29, 0.717) is 30.0 Å². The number of ether oxygens (including phenoxy) is 2. The molecule has 2 heterocycles. The Balaban J connectivity index is 1.35. The van der Waals surface area contributed by atoms with E-state index in [2.05, 4.69) is 5.32 Å². The van der Waals surface area contributed by atoms with Gasteiger partial charge in [-0.15, -0.1) is 0 Å². The summed E-state index contributed by atoms with van der Waals surface area (Å²) in [5.41, 5.74) is 2.55. The molecular formula is C23H23NO5. The number of aryl methyl sites for hydroxylation is 1. The third-order valence-electron chi connectivity index (χ3n) is 5.06. The van der Waals surface area contributed by atoms with Crippen LogP contribution in [0.2, 0.25) is 0 Å². The van der Waals surface area contributed by atoms with E-state index in [4.69, 9.17) is 13.9 Å². The Morgan fingerprint density at radius 3 is 2.76 bits per heavy atom. The lowest BCUT2D eigenvalue weighted by molar-refractivity contribution is 0.0857. The Morgan fingerprint density at radius 1 is 1.17 bits per heavy atom. The fourth-order valence-electron chi connectivity index (χ4n) is 3.43. The first-order valence-corrected chi connectivity index (χ1v) is 9.74. The molecule has 3 aromatic rings. The number of benzene rings is 2. The second-order valence-electron chi connectivity index (χ2n) is 7.24. The maximum absolute atomic E-state index is 12.2. The highest BCUT2D eigenvalue weighted by Gasteiger charge is 2.16. The molecule has 1 saturated heterocycles. The molecule has 0 radical (unpaired) electrons. The van der Waals surface area contributed by atoms with E-state index < -0.39 is 0 Å². The Kier molecular flexibility index (Phi) is 5.62. The van der Waals surface area contributed by atoms with Gasteiger partial charge in [0, 0.05) is 36.2 Å². The van der Waals surface area contributed by atoms with Crippen LogP contribution in [0.5, 0.6) is 5.75 Å². The number of amides is 1. The molecule has 1 atom stereocenters. The van der Waals surface area contributed by atoms with Gasteiger partial charge in [0.15, 0.2) is 0 Å². The van der Waals surface area contributed by atoms with Crippen molar-refractivity contribution in [3.8, 4) is 5.75 Å². The summed E-state index contributed by atoms with van der Waals surface area (Å²) in [4.78, 5) is 23.8. The van der Waals surface area contributed by atoms with Crippen LogP contribution in [0.25, 0.3) is 11.0 Å². The number of rotatable bonds is 6. The van der Waals surface area contributed by atoms with Crippen molar-refractivity contribution in [2.45, 2.75) is 32.5 Å². The topological polar surface area (TPSA) is 77.8 Å². The molecule has 1 amide bonds. The first-order chi connectivity index (χ1) is 14.1. The molecule has 0 aliphatic carbocycles. The van der Waals surface area contributed by atoms with Gasteiger partial charge in [0.1, 0.15) is 17.9 Å². The third kappa shape index (κ3) is 4.66. The van der Waals surface area contributed by atoms with E-state index in [9.17, 15) is 9.59 Å². The molecule has 29 heavy (non-hydrogen) atoms. The summed E-state index contributed by atoms with van der Waals surface area (Å²) in [6.45, 7) is 3.54. The molecule has 6 heteroatoms.